The standard InChI is InChI=1S/C19H17ClF2N4O3S/c20-18-15(2-1-3-23-18)29-9-12-8-26(4-5-28-12)16(27)10-30-19-24-14-7-11(21)6-13(22)17(14)25-19/h1-3,6-7,12H,4-5,8-10H2,(H,24,25). The second-order valence-electron chi connectivity index (χ2n) is 6.55. The molecule has 1 aromatic carbocycles. The third-order valence-electron chi connectivity index (χ3n) is 4.46. The number of carbonyl (C=O) groups excluding carboxylic acids is 1. The lowest BCUT2D eigenvalue weighted by Gasteiger charge is -2.32. The lowest BCUT2D eigenvalue weighted by atomic mass is 10.3. The highest BCUT2D eigenvalue weighted by atomic mass is 35.5. The van der Waals surface area contributed by atoms with Gasteiger partial charge in [-0.05, 0) is 18.2 Å². The molecule has 1 atom stereocenters. The zero-order valence-corrected chi connectivity index (χ0v) is 17.2. The summed E-state index contributed by atoms with van der Waals surface area (Å²) in [5.74, 6) is -0.990. The quantitative estimate of drug-likeness (QED) is 0.455. The number of morpholine rings is 1. The van der Waals surface area contributed by atoms with Crippen LogP contribution in [0, 0.1) is 11.6 Å². The van der Waals surface area contributed by atoms with Crippen molar-refractivity contribution in [1.29, 1.82) is 0 Å². The van der Waals surface area contributed by atoms with E-state index in [2.05, 4.69) is 15.0 Å². The largest absolute Gasteiger partial charge is 0.488 e. The molecule has 2 aromatic heterocycles. The van der Waals surface area contributed by atoms with Crippen LogP contribution < -0.4 is 4.74 Å². The number of aromatic nitrogens is 3. The van der Waals surface area contributed by atoms with Gasteiger partial charge < -0.3 is 19.4 Å². The molecule has 1 aliphatic rings. The molecule has 1 unspecified atom stereocenters. The average molecular weight is 455 g/mol. The highest BCUT2D eigenvalue weighted by Crippen LogP contribution is 2.24. The summed E-state index contributed by atoms with van der Waals surface area (Å²) in [6.45, 7) is 1.46. The summed E-state index contributed by atoms with van der Waals surface area (Å²) in [7, 11) is 0. The highest BCUT2D eigenvalue weighted by molar-refractivity contribution is 7.99. The van der Waals surface area contributed by atoms with Gasteiger partial charge in [0.15, 0.2) is 21.9 Å². The molecule has 1 amide bonds. The molecule has 1 fully saturated rings. The van der Waals surface area contributed by atoms with Crippen LogP contribution in [0.4, 0.5) is 8.78 Å². The number of amides is 1. The molecule has 1 N–H and O–H groups in total. The van der Waals surface area contributed by atoms with Crippen LogP contribution in [0.5, 0.6) is 5.75 Å². The van der Waals surface area contributed by atoms with E-state index < -0.39 is 11.6 Å². The molecule has 0 bridgehead atoms. The monoisotopic (exact) mass is 454 g/mol. The number of H-pyrrole nitrogens is 1. The van der Waals surface area contributed by atoms with Crippen molar-refractivity contribution in [3.8, 4) is 5.75 Å². The van der Waals surface area contributed by atoms with Gasteiger partial charge in [0.2, 0.25) is 5.91 Å². The number of hydrogen-bond donors (Lipinski definition) is 1. The predicted molar refractivity (Wildman–Crippen MR) is 108 cm³/mol. The van der Waals surface area contributed by atoms with E-state index in [4.69, 9.17) is 21.1 Å². The maximum absolute atomic E-state index is 13.8. The number of pyridine rings is 1. The van der Waals surface area contributed by atoms with Crippen molar-refractivity contribution in [2.45, 2.75) is 11.3 Å². The summed E-state index contributed by atoms with van der Waals surface area (Å²) >= 11 is 7.10. The number of nitrogens with one attached hydrogen (secondary N) is 1. The topological polar surface area (TPSA) is 80.3 Å². The van der Waals surface area contributed by atoms with Crippen molar-refractivity contribution in [2.75, 3.05) is 32.1 Å². The molecular formula is C19H17ClF2N4O3S. The summed E-state index contributed by atoms with van der Waals surface area (Å²) in [6, 6.07) is 5.36. The number of hydrogen-bond acceptors (Lipinski definition) is 6. The molecule has 30 heavy (non-hydrogen) atoms. The first kappa shape index (κ1) is 20.8. The Morgan fingerprint density at radius 2 is 2.30 bits per heavy atom. The van der Waals surface area contributed by atoms with Crippen LogP contribution in [0.25, 0.3) is 11.0 Å². The van der Waals surface area contributed by atoms with Gasteiger partial charge in [0, 0.05) is 18.8 Å². The Morgan fingerprint density at radius 1 is 1.43 bits per heavy atom. The fourth-order valence-corrected chi connectivity index (χ4v) is 3.97. The molecule has 158 valence electrons. The third kappa shape index (κ3) is 4.82. The van der Waals surface area contributed by atoms with E-state index in [0.717, 1.165) is 17.8 Å². The van der Waals surface area contributed by atoms with E-state index in [9.17, 15) is 13.6 Å². The van der Waals surface area contributed by atoms with Crippen LogP contribution >= 0.6 is 23.4 Å². The van der Waals surface area contributed by atoms with Crippen molar-refractivity contribution in [3.63, 3.8) is 0 Å². The van der Waals surface area contributed by atoms with Gasteiger partial charge in [-0.3, -0.25) is 4.79 Å². The maximum Gasteiger partial charge on any atom is 0.233 e. The fourth-order valence-electron chi connectivity index (χ4n) is 3.02. The minimum absolute atomic E-state index is 0.0454. The fraction of sp³-hybridized carbons (Fsp3) is 0.316. The van der Waals surface area contributed by atoms with Gasteiger partial charge in [-0.15, -0.1) is 0 Å². The summed E-state index contributed by atoms with van der Waals surface area (Å²) < 4.78 is 38.4. The number of fused-ring (bicyclic) bond motifs is 1. The van der Waals surface area contributed by atoms with Crippen LogP contribution in [-0.4, -0.2) is 63.9 Å². The first-order valence-electron chi connectivity index (χ1n) is 9.10. The number of benzene rings is 1. The zero-order chi connectivity index (χ0) is 21.1. The van der Waals surface area contributed by atoms with Crippen LogP contribution in [0.15, 0.2) is 35.6 Å². The van der Waals surface area contributed by atoms with Crippen LogP contribution in [0.1, 0.15) is 0 Å². The molecule has 11 heteroatoms. The van der Waals surface area contributed by atoms with Gasteiger partial charge in [0.1, 0.15) is 24.0 Å². The van der Waals surface area contributed by atoms with E-state index in [-0.39, 0.29) is 40.6 Å². The smallest absolute Gasteiger partial charge is 0.233 e. The number of carbonyl (C=O) groups is 1. The van der Waals surface area contributed by atoms with Crippen LogP contribution in [0.2, 0.25) is 5.15 Å². The first-order valence-corrected chi connectivity index (χ1v) is 10.5. The molecular weight excluding hydrogens is 438 g/mol. The Labute approximate surface area is 179 Å². The molecule has 3 aromatic rings. The second kappa shape index (κ2) is 9.15. The van der Waals surface area contributed by atoms with Gasteiger partial charge in [0.05, 0.1) is 24.4 Å². The number of rotatable bonds is 6. The number of halogens is 3. The van der Waals surface area contributed by atoms with Crippen molar-refractivity contribution in [1.82, 2.24) is 19.9 Å². The number of nitrogens with zero attached hydrogens (tertiary/aromatic N) is 3. The normalized spacial score (nSPS) is 16.8. The lowest BCUT2D eigenvalue weighted by Crippen LogP contribution is -2.48. The Kier molecular flexibility index (Phi) is 6.35. The number of thioether (sulfide) groups is 1. The summed E-state index contributed by atoms with van der Waals surface area (Å²) in [5.41, 5.74) is 0.295. The van der Waals surface area contributed by atoms with Crippen LogP contribution in [0.3, 0.4) is 0 Å². The molecule has 7 nitrogen and oxygen atoms in total. The van der Waals surface area contributed by atoms with Crippen molar-refractivity contribution in [3.05, 3.63) is 47.2 Å². The predicted octanol–water partition coefficient (Wildman–Crippen LogP) is 3.29. The minimum Gasteiger partial charge on any atom is -0.488 e. The minimum atomic E-state index is -0.746. The summed E-state index contributed by atoms with van der Waals surface area (Å²) in [6.07, 6.45) is 1.27. The molecule has 1 saturated heterocycles. The molecule has 0 aliphatic carbocycles. The van der Waals surface area contributed by atoms with E-state index >= 15 is 0 Å². The van der Waals surface area contributed by atoms with Gasteiger partial charge in [-0.1, -0.05) is 23.4 Å². The Hall–Kier alpha value is -2.43. The summed E-state index contributed by atoms with van der Waals surface area (Å²) in [4.78, 5) is 25.1. The van der Waals surface area contributed by atoms with E-state index in [1.807, 2.05) is 0 Å². The lowest BCUT2D eigenvalue weighted by molar-refractivity contribution is -0.137. The molecule has 0 spiro atoms. The Morgan fingerprint density at radius 3 is 3.13 bits per heavy atom. The van der Waals surface area contributed by atoms with E-state index in [1.165, 1.54) is 6.07 Å². The van der Waals surface area contributed by atoms with Gasteiger partial charge >= 0.3 is 0 Å². The SMILES string of the molecule is O=C(CSc1nc2c(F)cc(F)cc2[nH]1)N1CCOC(COc2cccnc2Cl)C1. The second-order valence-corrected chi connectivity index (χ2v) is 7.87. The molecule has 1 aliphatic heterocycles. The molecule has 0 radical (unpaired) electrons. The van der Waals surface area contributed by atoms with Gasteiger partial charge in [-0.2, -0.15) is 0 Å². The molecule has 0 saturated carbocycles. The van der Waals surface area contributed by atoms with Gasteiger partial charge in [0.25, 0.3) is 0 Å². The van der Waals surface area contributed by atoms with Crippen molar-refractivity contribution >= 4 is 40.3 Å². The average Bonchev–Trinajstić information content (AvgIpc) is 3.15. The van der Waals surface area contributed by atoms with Crippen LogP contribution in [-0.2, 0) is 9.53 Å². The highest BCUT2D eigenvalue weighted by Gasteiger charge is 2.25. The van der Waals surface area contributed by atoms with Gasteiger partial charge in [-0.25, -0.2) is 18.7 Å². The Bertz CT molecular complexity index is 1070. The van der Waals surface area contributed by atoms with Crippen molar-refractivity contribution < 1.29 is 23.0 Å². The maximum atomic E-state index is 13.8. The molecule has 3 heterocycles. The summed E-state index contributed by atoms with van der Waals surface area (Å²) in [5, 5.41) is 0.613. The first-order chi connectivity index (χ1) is 14.5. The van der Waals surface area contributed by atoms with E-state index in [1.54, 1.807) is 23.2 Å². The number of ether oxygens (including phenoxy) is 2. The number of aromatic amines is 1. The zero-order valence-electron chi connectivity index (χ0n) is 15.6. The third-order valence-corrected chi connectivity index (χ3v) is 5.60. The Balaban J connectivity index is 1.31. The van der Waals surface area contributed by atoms with Crippen molar-refractivity contribution in [2.24, 2.45) is 0 Å². The number of imidazole rings is 1. The molecule has 4 rings (SSSR count). The van der Waals surface area contributed by atoms with E-state index in [0.29, 0.717) is 30.6 Å².